The minimum Gasteiger partial charge on any atom is -0.480 e. The summed E-state index contributed by atoms with van der Waals surface area (Å²) in [5, 5.41) is 11.7. The number of hydrogen-bond donors (Lipinski definition) is 4. The lowest BCUT2D eigenvalue weighted by atomic mass is 10.0. The van der Waals surface area contributed by atoms with E-state index in [0.29, 0.717) is 6.42 Å². The highest BCUT2D eigenvalue weighted by Gasteiger charge is 2.19. The van der Waals surface area contributed by atoms with Gasteiger partial charge in [0, 0.05) is 13.0 Å². The Hall–Kier alpha value is -1.79. The summed E-state index contributed by atoms with van der Waals surface area (Å²) in [6.45, 7) is 2.44. The summed E-state index contributed by atoms with van der Waals surface area (Å²) in [6.07, 6.45) is 21.1. The fourth-order valence-corrected chi connectivity index (χ4v) is 3.68. The van der Waals surface area contributed by atoms with Gasteiger partial charge in [-0.05, 0) is 12.8 Å². The Labute approximate surface area is 189 Å². The Kier molecular flexibility index (Phi) is 20.2. The van der Waals surface area contributed by atoms with Crippen molar-refractivity contribution in [3.05, 3.63) is 0 Å². The molecule has 31 heavy (non-hydrogen) atoms. The predicted molar refractivity (Wildman–Crippen MR) is 129 cm³/mol. The van der Waals surface area contributed by atoms with Crippen molar-refractivity contribution in [3.63, 3.8) is 0 Å². The molecule has 1 atom stereocenters. The van der Waals surface area contributed by atoms with Crippen molar-refractivity contribution >= 4 is 17.8 Å². The summed E-state index contributed by atoms with van der Waals surface area (Å²) in [4.78, 5) is 26.9. The minimum absolute atomic E-state index is 0.0800. The van der Waals surface area contributed by atoms with Crippen LogP contribution in [0.1, 0.15) is 122 Å². The molecular formula is C24H48N4O3. The van der Waals surface area contributed by atoms with Crippen molar-refractivity contribution in [1.29, 1.82) is 0 Å². The van der Waals surface area contributed by atoms with Crippen LogP contribution in [0.5, 0.6) is 0 Å². The molecule has 0 saturated carbocycles. The third-order valence-electron chi connectivity index (χ3n) is 5.60. The molecule has 0 unspecified atom stereocenters. The van der Waals surface area contributed by atoms with Gasteiger partial charge in [-0.3, -0.25) is 9.79 Å². The number of guanidine groups is 1. The van der Waals surface area contributed by atoms with E-state index in [1.54, 1.807) is 0 Å². The molecule has 0 fully saturated rings. The number of unbranched alkanes of at least 4 members (excludes halogenated alkanes) is 15. The summed E-state index contributed by atoms with van der Waals surface area (Å²) in [7, 11) is 0. The van der Waals surface area contributed by atoms with Crippen molar-refractivity contribution in [2.75, 3.05) is 6.54 Å². The van der Waals surface area contributed by atoms with Gasteiger partial charge < -0.3 is 21.9 Å². The first-order valence-electron chi connectivity index (χ1n) is 12.5. The Bertz CT molecular complexity index is 479. The van der Waals surface area contributed by atoms with Crippen LogP contribution in [0.25, 0.3) is 0 Å². The third kappa shape index (κ3) is 21.2. The largest absolute Gasteiger partial charge is 0.480 e. The molecule has 0 aromatic heterocycles. The number of hydrogen-bond acceptors (Lipinski definition) is 3. The third-order valence-corrected chi connectivity index (χ3v) is 5.60. The Morgan fingerprint density at radius 2 is 1.19 bits per heavy atom. The van der Waals surface area contributed by atoms with Crippen molar-refractivity contribution in [3.8, 4) is 0 Å². The first-order valence-corrected chi connectivity index (χ1v) is 12.5. The highest BCUT2D eigenvalue weighted by atomic mass is 16.4. The second kappa shape index (κ2) is 21.4. The summed E-state index contributed by atoms with van der Waals surface area (Å²) in [6, 6.07) is -0.948. The number of carbonyl (C=O) groups is 2. The highest BCUT2D eigenvalue weighted by Crippen LogP contribution is 2.14. The topological polar surface area (TPSA) is 131 Å². The number of carboxylic acids is 1. The average Bonchev–Trinajstić information content (AvgIpc) is 2.72. The lowest BCUT2D eigenvalue weighted by molar-refractivity contribution is -0.142. The fraction of sp³-hybridized carbons (Fsp3) is 0.875. The number of aliphatic carboxylic acids is 1. The summed E-state index contributed by atoms with van der Waals surface area (Å²) in [5.41, 5.74) is 10.4. The zero-order valence-electron chi connectivity index (χ0n) is 19.9. The highest BCUT2D eigenvalue weighted by molar-refractivity contribution is 5.83. The van der Waals surface area contributed by atoms with Gasteiger partial charge in [-0.1, -0.05) is 103 Å². The van der Waals surface area contributed by atoms with Gasteiger partial charge in [0.1, 0.15) is 6.04 Å². The SMILES string of the molecule is CCCCCCCCCCCCCCCCCCC(=O)N[C@@H](CCN=C(N)N)C(=O)O. The molecule has 0 aliphatic rings. The van der Waals surface area contributed by atoms with Crippen molar-refractivity contribution < 1.29 is 14.7 Å². The molecule has 0 bridgehead atoms. The standard InChI is InChI=1S/C24H48N4O3/c1-2-3-4-5-6-7-8-9-10-11-12-13-14-15-16-17-18-22(29)28-21(23(30)31)19-20-27-24(25)26/h21H,2-20H2,1H3,(H,28,29)(H,30,31)(H4,25,26,27)/t21-/m0/s1. The van der Waals surface area contributed by atoms with E-state index in [9.17, 15) is 14.7 Å². The molecule has 1 amide bonds. The summed E-state index contributed by atoms with van der Waals surface area (Å²) < 4.78 is 0. The number of carboxylic acid groups (broad SMARTS) is 1. The first kappa shape index (κ1) is 29.2. The maximum atomic E-state index is 11.9. The molecule has 7 heteroatoms. The summed E-state index contributed by atoms with van der Waals surface area (Å²) in [5.74, 6) is -1.36. The Morgan fingerprint density at radius 3 is 1.58 bits per heavy atom. The van der Waals surface area contributed by atoms with E-state index in [-0.39, 0.29) is 24.8 Å². The second-order valence-electron chi connectivity index (χ2n) is 8.61. The molecule has 0 rings (SSSR count). The molecule has 6 N–H and O–H groups in total. The van der Waals surface area contributed by atoms with Crippen molar-refractivity contribution in [1.82, 2.24) is 5.32 Å². The number of nitrogens with one attached hydrogen (secondary N) is 1. The van der Waals surface area contributed by atoms with Gasteiger partial charge in [0.15, 0.2) is 5.96 Å². The van der Waals surface area contributed by atoms with Crippen LogP contribution in [0.4, 0.5) is 0 Å². The number of amides is 1. The first-order chi connectivity index (χ1) is 15.0. The lowest BCUT2D eigenvalue weighted by Crippen LogP contribution is -2.41. The average molecular weight is 441 g/mol. The van der Waals surface area contributed by atoms with Gasteiger partial charge in [0.2, 0.25) is 5.91 Å². The van der Waals surface area contributed by atoms with Crippen LogP contribution in [-0.2, 0) is 9.59 Å². The Balaban J connectivity index is 3.48. The molecule has 7 nitrogen and oxygen atoms in total. The molecule has 0 radical (unpaired) electrons. The van der Waals surface area contributed by atoms with Gasteiger partial charge in [0.25, 0.3) is 0 Å². The van der Waals surface area contributed by atoms with Crippen LogP contribution in [0, 0.1) is 0 Å². The lowest BCUT2D eigenvalue weighted by Gasteiger charge is -2.13. The van der Waals surface area contributed by atoms with Crippen LogP contribution < -0.4 is 16.8 Å². The zero-order chi connectivity index (χ0) is 23.2. The Morgan fingerprint density at radius 1 is 0.774 bits per heavy atom. The van der Waals surface area contributed by atoms with Crippen LogP contribution in [0.3, 0.4) is 0 Å². The van der Waals surface area contributed by atoms with E-state index in [0.717, 1.165) is 19.3 Å². The summed E-state index contributed by atoms with van der Waals surface area (Å²) >= 11 is 0. The molecule has 0 aliphatic carbocycles. The van der Waals surface area contributed by atoms with Gasteiger partial charge in [-0.15, -0.1) is 0 Å². The number of aliphatic imine (C=N–C) groups is 1. The van der Waals surface area contributed by atoms with Gasteiger partial charge in [-0.2, -0.15) is 0 Å². The van der Waals surface area contributed by atoms with Crippen LogP contribution in [0.15, 0.2) is 4.99 Å². The van der Waals surface area contributed by atoms with E-state index < -0.39 is 12.0 Å². The maximum absolute atomic E-state index is 11.9. The smallest absolute Gasteiger partial charge is 0.326 e. The predicted octanol–water partition coefficient (Wildman–Crippen LogP) is 4.87. The van der Waals surface area contributed by atoms with Crippen molar-refractivity contribution in [2.24, 2.45) is 16.5 Å². The van der Waals surface area contributed by atoms with Crippen LogP contribution in [-0.4, -0.2) is 35.5 Å². The number of nitrogens with two attached hydrogens (primary N) is 2. The molecule has 0 aromatic rings. The van der Waals surface area contributed by atoms with Gasteiger partial charge >= 0.3 is 5.97 Å². The van der Waals surface area contributed by atoms with E-state index in [1.807, 2.05) is 0 Å². The molecule has 182 valence electrons. The van der Waals surface area contributed by atoms with Crippen LogP contribution in [0.2, 0.25) is 0 Å². The maximum Gasteiger partial charge on any atom is 0.326 e. The van der Waals surface area contributed by atoms with Crippen LogP contribution >= 0.6 is 0 Å². The van der Waals surface area contributed by atoms with E-state index >= 15 is 0 Å². The fourth-order valence-electron chi connectivity index (χ4n) is 3.68. The van der Waals surface area contributed by atoms with Gasteiger partial charge in [-0.25, -0.2) is 4.79 Å². The van der Waals surface area contributed by atoms with E-state index in [2.05, 4.69) is 17.2 Å². The second-order valence-corrected chi connectivity index (χ2v) is 8.61. The van der Waals surface area contributed by atoms with E-state index in [1.165, 1.54) is 83.5 Å². The monoisotopic (exact) mass is 440 g/mol. The molecular weight excluding hydrogens is 392 g/mol. The number of rotatable bonds is 22. The minimum atomic E-state index is -1.06. The quantitative estimate of drug-likeness (QED) is 0.108. The molecule has 0 aliphatic heterocycles. The normalized spacial score (nSPS) is 11.8. The number of nitrogens with zero attached hydrogens (tertiary/aromatic N) is 1. The van der Waals surface area contributed by atoms with Gasteiger partial charge in [0.05, 0.1) is 0 Å². The van der Waals surface area contributed by atoms with E-state index in [4.69, 9.17) is 11.5 Å². The molecule has 0 spiro atoms. The van der Waals surface area contributed by atoms with Crippen molar-refractivity contribution in [2.45, 2.75) is 129 Å². The molecule has 0 saturated heterocycles. The number of carbonyl (C=O) groups excluding carboxylic acids is 1. The zero-order valence-corrected chi connectivity index (χ0v) is 19.9. The molecule has 0 heterocycles. The molecule has 0 aromatic carbocycles.